The summed E-state index contributed by atoms with van der Waals surface area (Å²) in [4.78, 5) is 22.6. The third-order valence-corrected chi connectivity index (χ3v) is 2.97. The summed E-state index contributed by atoms with van der Waals surface area (Å²) in [5, 5.41) is 0. The Labute approximate surface area is 112 Å². The molecule has 2 unspecified atom stereocenters. The Bertz CT molecular complexity index is 278. The molecule has 0 radical (unpaired) electrons. The van der Waals surface area contributed by atoms with Crippen molar-refractivity contribution in [2.75, 3.05) is 26.4 Å². The van der Waals surface area contributed by atoms with E-state index in [0.717, 1.165) is 26.1 Å². The third kappa shape index (κ3) is 7.12. The molecule has 0 N–H and O–H groups in total. The van der Waals surface area contributed by atoms with Gasteiger partial charge in [-0.3, -0.25) is 9.59 Å². The zero-order valence-corrected chi connectivity index (χ0v) is 11.0. The molecule has 0 aromatic rings. The lowest BCUT2D eigenvalue weighted by Crippen LogP contribution is -2.10. The molecule has 6 heteroatoms. The van der Waals surface area contributed by atoms with Crippen LogP contribution < -0.4 is 0 Å². The minimum atomic E-state index is -0.264. The molecule has 2 heterocycles. The number of esters is 2. The minimum Gasteiger partial charge on any atom is -0.466 e. The van der Waals surface area contributed by atoms with E-state index in [4.69, 9.17) is 18.9 Å². The van der Waals surface area contributed by atoms with Gasteiger partial charge in [-0.1, -0.05) is 0 Å². The first-order chi connectivity index (χ1) is 9.24. The second-order valence-corrected chi connectivity index (χ2v) is 4.78. The van der Waals surface area contributed by atoms with E-state index in [1.54, 1.807) is 0 Å². The van der Waals surface area contributed by atoms with Crippen LogP contribution in [0, 0.1) is 0 Å². The van der Waals surface area contributed by atoms with Crippen molar-refractivity contribution < 1.29 is 28.5 Å². The second kappa shape index (κ2) is 7.45. The van der Waals surface area contributed by atoms with Crippen molar-refractivity contribution in [3.63, 3.8) is 0 Å². The molecule has 0 aliphatic carbocycles. The first-order valence-corrected chi connectivity index (χ1v) is 6.78. The highest BCUT2D eigenvalue weighted by Crippen LogP contribution is 2.14. The summed E-state index contributed by atoms with van der Waals surface area (Å²) in [5.41, 5.74) is 0. The van der Waals surface area contributed by atoms with Crippen LogP contribution in [-0.4, -0.2) is 50.6 Å². The smallest absolute Gasteiger partial charge is 0.305 e. The molecule has 2 aliphatic heterocycles. The predicted octanol–water partition coefficient (Wildman–Crippen LogP) is 0.821. The third-order valence-electron chi connectivity index (χ3n) is 2.97. The number of carbonyl (C=O) groups is 2. The monoisotopic (exact) mass is 272 g/mol. The summed E-state index contributed by atoms with van der Waals surface area (Å²) in [6, 6.07) is 0. The van der Waals surface area contributed by atoms with Gasteiger partial charge in [0.2, 0.25) is 0 Å². The average Bonchev–Trinajstić information content (AvgIpc) is 3.24. The Morgan fingerprint density at radius 3 is 1.68 bits per heavy atom. The van der Waals surface area contributed by atoms with Gasteiger partial charge >= 0.3 is 11.9 Å². The first-order valence-electron chi connectivity index (χ1n) is 6.78. The summed E-state index contributed by atoms with van der Waals surface area (Å²) in [5.74, 6) is -0.528. The molecular formula is C13H20O6. The fourth-order valence-electron chi connectivity index (χ4n) is 1.60. The standard InChI is InChI=1S/C13H20O6/c14-12(16-6-4-10-8-18-10)2-1-3-13(15)17-7-5-11-9-19-11/h10-11H,1-9H2. The second-order valence-electron chi connectivity index (χ2n) is 4.78. The van der Waals surface area contributed by atoms with Gasteiger partial charge in [0, 0.05) is 25.7 Å². The topological polar surface area (TPSA) is 77.7 Å². The summed E-state index contributed by atoms with van der Waals surface area (Å²) >= 11 is 0. The normalized spacial score (nSPS) is 23.8. The van der Waals surface area contributed by atoms with Crippen LogP contribution in [0.5, 0.6) is 0 Å². The van der Waals surface area contributed by atoms with Crippen LogP contribution in [0.25, 0.3) is 0 Å². The van der Waals surface area contributed by atoms with E-state index in [0.29, 0.717) is 19.6 Å². The lowest BCUT2D eigenvalue weighted by Gasteiger charge is -2.04. The maximum Gasteiger partial charge on any atom is 0.305 e. The van der Waals surface area contributed by atoms with Crippen LogP contribution >= 0.6 is 0 Å². The predicted molar refractivity (Wildman–Crippen MR) is 64.5 cm³/mol. The van der Waals surface area contributed by atoms with Gasteiger partial charge in [0.1, 0.15) is 0 Å². The Balaban J connectivity index is 1.38. The Kier molecular flexibility index (Phi) is 5.60. The molecule has 0 saturated carbocycles. The lowest BCUT2D eigenvalue weighted by molar-refractivity contribution is -0.145. The van der Waals surface area contributed by atoms with Crippen LogP contribution in [0.15, 0.2) is 0 Å². The SMILES string of the molecule is O=C(CCCC(=O)OCCC1CO1)OCCC1CO1. The summed E-state index contributed by atoms with van der Waals surface area (Å²) in [6.07, 6.45) is 3.06. The van der Waals surface area contributed by atoms with E-state index < -0.39 is 0 Å². The summed E-state index contributed by atoms with van der Waals surface area (Å²) < 4.78 is 20.0. The number of rotatable bonds is 10. The number of epoxide rings is 2. The van der Waals surface area contributed by atoms with Gasteiger partial charge < -0.3 is 18.9 Å². The Hall–Kier alpha value is -1.14. The van der Waals surface area contributed by atoms with Crippen molar-refractivity contribution in [2.24, 2.45) is 0 Å². The van der Waals surface area contributed by atoms with Gasteiger partial charge in [-0.25, -0.2) is 0 Å². The highest BCUT2D eigenvalue weighted by Gasteiger charge is 2.23. The van der Waals surface area contributed by atoms with Gasteiger partial charge in [-0.15, -0.1) is 0 Å². The first kappa shape index (κ1) is 14.3. The minimum absolute atomic E-state index is 0.256. The summed E-state index contributed by atoms with van der Waals surface area (Å²) in [6.45, 7) is 2.34. The molecule has 0 spiro atoms. The van der Waals surface area contributed by atoms with Gasteiger partial charge in [-0.2, -0.15) is 0 Å². The van der Waals surface area contributed by atoms with Crippen LogP contribution in [0.3, 0.4) is 0 Å². The maximum atomic E-state index is 11.3. The van der Waals surface area contributed by atoms with Gasteiger partial charge in [0.25, 0.3) is 0 Å². The number of ether oxygens (including phenoxy) is 4. The van der Waals surface area contributed by atoms with Crippen LogP contribution in [0.2, 0.25) is 0 Å². The van der Waals surface area contributed by atoms with Crippen molar-refractivity contribution in [3.05, 3.63) is 0 Å². The van der Waals surface area contributed by atoms with Crippen molar-refractivity contribution in [1.82, 2.24) is 0 Å². The molecular weight excluding hydrogens is 252 g/mol. The van der Waals surface area contributed by atoms with E-state index in [1.807, 2.05) is 0 Å². The van der Waals surface area contributed by atoms with E-state index in [9.17, 15) is 9.59 Å². The Morgan fingerprint density at radius 2 is 1.32 bits per heavy atom. The number of carbonyl (C=O) groups excluding carboxylic acids is 2. The van der Waals surface area contributed by atoms with Crippen molar-refractivity contribution in [1.29, 1.82) is 0 Å². The van der Waals surface area contributed by atoms with Gasteiger partial charge in [0.15, 0.2) is 0 Å². The highest BCUT2D eigenvalue weighted by molar-refractivity contribution is 5.72. The number of hydrogen-bond donors (Lipinski definition) is 0. The highest BCUT2D eigenvalue weighted by atomic mass is 16.6. The number of hydrogen-bond acceptors (Lipinski definition) is 6. The fourth-order valence-corrected chi connectivity index (χ4v) is 1.60. The van der Waals surface area contributed by atoms with E-state index in [1.165, 1.54) is 0 Å². The quantitative estimate of drug-likeness (QED) is 0.433. The van der Waals surface area contributed by atoms with E-state index in [-0.39, 0.29) is 37.0 Å². The van der Waals surface area contributed by atoms with E-state index in [2.05, 4.69) is 0 Å². The molecule has 0 amide bonds. The van der Waals surface area contributed by atoms with Crippen LogP contribution in [0.1, 0.15) is 32.1 Å². The Morgan fingerprint density at radius 1 is 0.895 bits per heavy atom. The maximum absolute atomic E-state index is 11.3. The lowest BCUT2D eigenvalue weighted by atomic mass is 10.2. The van der Waals surface area contributed by atoms with Crippen molar-refractivity contribution in [3.8, 4) is 0 Å². The molecule has 0 aromatic carbocycles. The molecule has 6 nitrogen and oxygen atoms in total. The molecule has 2 rings (SSSR count). The molecule has 2 aliphatic rings. The fraction of sp³-hybridized carbons (Fsp3) is 0.846. The molecule has 0 bridgehead atoms. The molecule has 0 aromatic heterocycles. The molecule has 2 saturated heterocycles. The van der Waals surface area contributed by atoms with E-state index >= 15 is 0 Å². The van der Waals surface area contributed by atoms with Crippen molar-refractivity contribution >= 4 is 11.9 Å². The molecule has 19 heavy (non-hydrogen) atoms. The largest absolute Gasteiger partial charge is 0.466 e. The van der Waals surface area contributed by atoms with Gasteiger partial charge in [0.05, 0.1) is 38.6 Å². The average molecular weight is 272 g/mol. The zero-order chi connectivity index (χ0) is 13.5. The van der Waals surface area contributed by atoms with Gasteiger partial charge in [-0.05, 0) is 6.42 Å². The van der Waals surface area contributed by atoms with Crippen LogP contribution in [0.4, 0.5) is 0 Å². The van der Waals surface area contributed by atoms with Crippen LogP contribution in [-0.2, 0) is 28.5 Å². The summed E-state index contributed by atoms with van der Waals surface area (Å²) in [7, 11) is 0. The zero-order valence-electron chi connectivity index (χ0n) is 11.0. The molecule has 2 atom stereocenters. The van der Waals surface area contributed by atoms with Crippen molar-refractivity contribution in [2.45, 2.75) is 44.3 Å². The molecule has 108 valence electrons. The molecule has 2 fully saturated rings.